The summed E-state index contributed by atoms with van der Waals surface area (Å²) in [5.74, 6) is 0.614. The quantitative estimate of drug-likeness (QED) is 0.787. The molecule has 0 radical (unpaired) electrons. The Labute approximate surface area is 119 Å². The Morgan fingerprint density at radius 1 is 1.15 bits per heavy atom. The number of hydrogen-bond donors (Lipinski definition) is 1. The Kier molecular flexibility index (Phi) is 5.38. The minimum Gasteiger partial charge on any atom is -0.475 e. The number of nitrogens with one attached hydrogen (secondary N) is 1. The summed E-state index contributed by atoms with van der Waals surface area (Å²) in [7, 11) is 1.65. The van der Waals surface area contributed by atoms with Gasteiger partial charge in [0.15, 0.2) is 0 Å². The lowest BCUT2D eigenvalue weighted by atomic mass is 10.1. The number of aromatic nitrogens is 1. The molecule has 0 spiro atoms. The van der Waals surface area contributed by atoms with E-state index in [1.54, 1.807) is 13.3 Å². The number of rotatable bonds is 7. The van der Waals surface area contributed by atoms with E-state index in [4.69, 9.17) is 9.47 Å². The maximum absolute atomic E-state index is 5.42. The van der Waals surface area contributed by atoms with Crippen molar-refractivity contribution in [2.75, 3.05) is 25.6 Å². The van der Waals surface area contributed by atoms with E-state index in [1.807, 2.05) is 12.1 Å². The molecule has 0 fully saturated rings. The van der Waals surface area contributed by atoms with Crippen LogP contribution < -0.4 is 10.1 Å². The Morgan fingerprint density at radius 2 is 2.05 bits per heavy atom. The first-order valence-electron chi connectivity index (χ1n) is 6.65. The third kappa shape index (κ3) is 4.55. The number of pyridine rings is 1. The van der Waals surface area contributed by atoms with Gasteiger partial charge in [-0.2, -0.15) is 0 Å². The molecule has 0 saturated heterocycles. The zero-order chi connectivity index (χ0) is 14.2. The molecular weight excluding hydrogens is 252 g/mol. The highest BCUT2D eigenvalue weighted by Gasteiger charge is 1.98. The molecule has 0 bridgehead atoms. The molecule has 1 aromatic carbocycles. The van der Waals surface area contributed by atoms with Gasteiger partial charge in [0.1, 0.15) is 6.61 Å². The molecule has 106 valence electrons. The molecular formula is C16H20N2O2. The van der Waals surface area contributed by atoms with E-state index < -0.39 is 0 Å². The molecule has 20 heavy (non-hydrogen) atoms. The largest absolute Gasteiger partial charge is 0.475 e. The molecule has 1 heterocycles. The predicted octanol–water partition coefficient (Wildman–Crippen LogP) is 3.03. The van der Waals surface area contributed by atoms with Crippen molar-refractivity contribution in [3.63, 3.8) is 0 Å². The molecule has 0 unspecified atom stereocenters. The number of anilines is 1. The predicted molar refractivity (Wildman–Crippen MR) is 80.1 cm³/mol. The summed E-state index contributed by atoms with van der Waals surface area (Å²) in [6.45, 7) is 3.96. The number of hydrogen-bond acceptors (Lipinski definition) is 4. The van der Waals surface area contributed by atoms with E-state index in [-0.39, 0.29) is 0 Å². The van der Waals surface area contributed by atoms with Crippen molar-refractivity contribution in [1.82, 2.24) is 4.98 Å². The average Bonchev–Trinajstić information content (AvgIpc) is 2.47. The minimum absolute atomic E-state index is 0.513. The molecule has 0 aliphatic carbocycles. The first-order valence-corrected chi connectivity index (χ1v) is 6.65. The summed E-state index contributed by atoms with van der Waals surface area (Å²) in [6.07, 6.45) is 1.78. The molecule has 4 nitrogen and oxygen atoms in total. The van der Waals surface area contributed by atoms with Gasteiger partial charge in [0.25, 0.3) is 0 Å². The number of methoxy groups -OCH3 is 1. The second-order valence-corrected chi connectivity index (χ2v) is 4.57. The summed E-state index contributed by atoms with van der Waals surface area (Å²) in [5.41, 5.74) is 3.50. The molecule has 0 saturated carbocycles. The van der Waals surface area contributed by atoms with Crippen LogP contribution in [-0.4, -0.2) is 25.3 Å². The highest BCUT2D eigenvalue weighted by Crippen LogP contribution is 2.13. The zero-order valence-electron chi connectivity index (χ0n) is 11.9. The van der Waals surface area contributed by atoms with Crippen LogP contribution in [0.5, 0.6) is 5.88 Å². The van der Waals surface area contributed by atoms with Gasteiger partial charge in [0.05, 0.1) is 18.5 Å². The maximum atomic E-state index is 5.42. The van der Waals surface area contributed by atoms with Crippen molar-refractivity contribution in [2.24, 2.45) is 0 Å². The van der Waals surface area contributed by atoms with Crippen LogP contribution in [0.15, 0.2) is 42.6 Å². The van der Waals surface area contributed by atoms with Gasteiger partial charge in [0, 0.05) is 19.7 Å². The monoisotopic (exact) mass is 272 g/mol. The first kappa shape index (κ1) is 14.3. The standard InChI is InChI=1S/C16H20N2O2/c1-13-4-3-5-14(10-13)11-17-15-6-7-16(18-12-15)20-9-8-19-2/h3-7,10,12,17H,8-9,11H2,1-2H3. The van der Waals surface area contributed by atoms with E-state index in [0.29, 0.717) is 19.1 Å². The van der Waals surface area contributed by atoms with E-state index in [2.05, 4.69) is 41.5 Å². The van der Waals surface area contributed by atoms with Crippen LogP contribution in [0.1, 0.15) is 11.1 Å². The van der Waals surface area contributed by atoms with E-state index >= 15 is 0 Å². The smallest absolute Gasteiger partial charge is 0.213 e. The number of benzene rings is 1. The molecule has 2 rings (SSSR count). The Hall–Kier alpha value is -2.07. The highest BCUT2D eigenvalue weighted by molar-refractivity contribution is 5.42. The van der Waals surface area contributed by atoms with Crippen LogP contribution >= 0.6 is 0 Å². The van der Waals surface area contributed by atoms with E-state index in [0.717, 1.165) is 12.2 Å². The van der Waals surface area contributed by atoms with Gasteiger partial charge in [-0.05, 0) is 18.6 Å². The van der Waals surface area contributed by atoms with Crippen LogP contribution in [0.25, 0.3) is 0 Å². The topological polar surface area (TPSA) is 43.4 Å². The summed E-state index contributed by atoms with van der Waals surface area (Å²) < 4.78 is 10.3. The lowest BCUT2D eigenvalue weighted by Gasteiger charge is -2.08. The van der Waals surface area contributed by atoms with Gasteiger partial charge < -0.3 is 14.8 Å². The summed E-state index contributed by atoms with van der Waals surface area (Å²) >= 11 is 0. The third-order valence-electron chi connectivity index (χ3n) is 2.85. The Bertz CT molecular complexity index is 526. The fraction of sp³-hybridized carbons (Fsp3) is 0.312. The van der Waals surface area contributed by atoms with Crippen LogP contribution in [0.3, 0.4) is 0 Å². The fourth-order valence-electron chi connectivity index (χ4n) is 1.83. The van der Waals surface area contributed by atoms with Crippen molar-refractivity contribution in [3.8, 4) is 5.88 Å². The van der Waals surface area contributed by atoms with Crippen LogP contribution in [0.2, 0.25) is 0 Å². The minimum atomic E-state index is 0.513. The molecule has 2 aromatic rings. The fourth-order valence-corrected chi connectivity index (χ4v) is 1.83. The molecule has 1 N–H and O–H groups in total. The molecule has 4 heteroatoms. The average molecular weight is 272 g/mol. The summed E-state index contributed by atoms with van der Waals surface area (Å²) in [5, 5.41) is 3.34. The van der Waals surface area contributed by atoms with Crippen LogP contribution in [-0.2, 0) is 11.3 Å². The van der Waals surface area contributed by atoms with Crippen LogP contribution in [0.4, 0.5) is 5.69 Å². The lowest BCUT2D eigenvalue weighted by Crippen LogP contribution is -2.05. The summed E-state index contributed by atoms with van der Waals surface area (Å²) in [4.78, 5) is 4.24. The van der Waals surface area contributed by atoms with Gasteiger partial charge in [-0.3, -0.25) is 0 Å². The Morgan fingerprint density at radius 3 is 2.75 bits per heavy atom. The van der Waals surface area contributed by atoms with E-state index in [1.165, 1.54) is 11.1 Å². The second kappa shape index (κ2) is 7.50. The van der Waals surface area contributed by atoms with Crippen molar-refractivity contribution in [1.29, 1.82) is 0 Å². The van der Waals surface area contributed by atoms with Crippen molar-refractivity contribution in [2.45, 2.75) is 13.5 Å². The number of nitrogens with zero attached hydrogens (tertiary/aromatic N) is 1. The third-order valence-corrected chi connectivity index (χ3v) is 2.85. The number of aryl methyl sites for hydroxylation is 1. The molecule has 1 aromatic heterocycles. The molecule has 0 aliphatic heterocycles. The molecule has 0 atom stereocenters. The van der Waals surface area contributed by atoms with Gasteiger partial charge >= 0.3 is 0 Å². The second-order valence-electron chi connectivity index (χ2n) is 4.57. The first-order chi connectivity index (χ1) is 9.78. The molecule has 0 aliphatic rings. The summed E-state index contributed by atoms with van der Waals surface area (Å²) in [6, 6.07) is 12.3. The van der Waals surface area contributed by atoms with Gasteiger partial charge in [-0.1, -0.05) is 29.8 Å². The van der Waals surface area contributed by atoms with E-state index in [9.17, 15) is 0 Å². The lowest BCUT2D eigenvalue weighted by molar-refractivity contribution is 0.144. The SMILES string of the molecule is COCCOc1ccc(NCc2cccc(C)c2)cn1. The van der Waals surface area contributed by atoms with Gasteiger partial charge in [-0.15, -0.1) is 0 Å². The van der Waals surface area contributed by atoms with Crippen molar-refractivity contribution < 1.29 is 9.47 Å². The highest BCUT2D eigenvalue weighted by atomic mass is 16.5. The molecule has 0 amide bonds. The van der Waals surface area contributed by atoms with Crippen molar-refractivity contribution in [3.05, 3.63) is 53.7 Å². The number of ether oxygens (including phenoxy) is 2. The maximum Gasteiger partial charge on any atom is 0.213 e. The zero-order valence-corrected chi connectivity index (χ0v) is 11.9. The normalized spacial score (nSPS) is 10.3. The van der Waals surface area contributed by atoms with Gasteiger partial charge in [-0.25, -0.2) is 4.98 Å². The van der Waals surface area contributed by atoms with Crippen LogP contribution in [0, 0.1) is 6.92 Å². The Balaban J connectivity index is 1.84. The van der Waals surface area contributed by atoms with Gasteiger partial charge in [0.2, 0.25) is 5.88 Å². The van der Waals surface area contributed by atoms with Crippen molar-refractivity contribution >= 4 is 5.69 Å².